The number of hydrogen-bond donors (Lipinski definition) is 11. The van der Waals surface area contributed by atoms with Crippen molar-refractivity contribution in [3.05, 3.63) is 355 Å². The molecule has 0 radical (unpaired) electrons. The number of aromatic nitrogens is 7. The Balaban J connectivity index is 0.000000200. The normalized spacial score (nSPS) is 12.5. The molecule has 5 aromatic heterocycles. The SMILES string of the molecule is CC(=O)c1ccc(Oc2ccccc2)cc1.CC(C)(C)OC(=O)N1CCCC(OCS)C1.N.N=CN.NC=O.Nc1ncnc2[nH]cc(-c3ccc(Oc4ccccc4)cc3)c12.Nc1ncnc2c1c(-c1ccc(Oc3ccccc3)cc1)cn2C1CCCNC1.[C-]#[N+]/C(C#N)=C(/CBr)c1ccc(Oc2ccccc2)cc1.[C-]#[N+]CC#N.[C-]#[N+]c1c(-c2ccc(Oc3ccccc3)cc2)c[nH]c1N. The van der Waals surface area contributed by atoms with Gasteiger partial charge in [-0.25, -0.2) is 46.3 Å². The number of Topliss-reactive ketones (excluding diaryl/α,β-unsaturated/α-hetero) is 1. The van der Waals surface area contributed by atoms with Gasteiger partial charge in [0.25, 0.3) is 12.2 Å². The molecule has 2 atom stereocenters. The van der Waals surface area contributed by atoms with Crippen molar-refractivity contribution in [3.8, 4) is 103 Å². The molecule has 33 heteroatoms. The lowest BCUT2D eigenvalue weighted by Crippen LogP contribution is -2.45. The second-order valence-corrected chi connectivity index (χ2v) is 31.2. The van der Waals surface area contributed by atoms with Crippen LogP contribution < -0.4 is 63.8 Å². The number of carbonyl (C=O) groups excluding carboxylic acids is 3. The summed E-state index contributed by atoms with van der Waals surface area (Å²) >= 11 is 7.35. The number of anilines is 3. The number of nitriles is 2. The van der Waals surface area contributed by atoms with E-state index in [1.54, 1.807) is 54.7 Å². The summed E-state index contributed by atoms with van der Waals surface area (Å²) < 4.78 is 41.7. The number of nitrogens with one attached hydrogen (secondary N) is 4. The van der Waals surface area contributed by atoms with Crippen LogP contribution in [0.2, 0.25) is 0 Å². The zero-order valence-corrected chi connectivity index (χ0v) is 78.9. The number of nitrogens with two attached hydrogens (primary N) is 5. The first-order valence-electron chi connectivity index (χ1n) is 42.8. The van der Waals surface area contributed by atoms with Crippen LogP contribution in [0.3, 0.4) is 0 Å². The number of alkyl halides is 1. The van der Waals surface area contributed by atoms with Crippen LogP contribution in [0.4, 0.5) is 27.9 Å². The number of thiol groups is 1. The molecule has 17 rings (SSSR count). The maximum absolute atomic E-state index is 11.8. The van der Waals surface area contributed by atoms with E-state index in [0.29, 0.717) is 63.9 Å². The summed E-state index contributed by atoms with van der Waals surface area (Å²) in [6, 6.07) is 90.0. The van der Waals surface area contributed by atoms with Crippen molar-refractivity contribution in [3.63, 3.8) is 0 Å². The van der Waals surface area contributed by atoms with E-state index in [4.69, 9.17) is 90.8 Å². The molecule has 10 aromatic carbocycles. The van der Waals surface area contributed by atoms with Crippen molar-refractivity contribution in [2.24, 2.45) is 11.5 Å². The lowest BCUT2D eigenvalue weighted by Gasteiger charge is -2.33. The predicted octanol–water partition coefficient (Wildman–Crippen LogP) is 23.2. The minimum Gasteiger partial charge on any atom is -0.457 e. The van der Waals surface area contributed by atoms with E-state index in [0.717, 1.165) is 164 Å². The van der Waals surface area contributed by atoms with Crippen LogP contribution in [-0.2, 0) is 14.3 Å². The number of nitrogens with zero attached hydrogens (tertiary/aromatic N) is 11. The Morgan fingerprint density at radius 3 is 1.38 bits per heavy atom. The highest BCUT2D eigenvalue weighted by Gasteiger charge is 2.29. The van der Waals surface area contributed by atoms with Gasteiger partial charge in [0.15, 0.2) is 5.78 Å². The number of likely N-dealkylation sites (tertiary alicyclic amines) is 1. The molecule has 7 heterocycles. The van der Waals surface area contributed by atoms with Crippen molar-refractivity contribution < 1.29 is 47.5 Å². The molecule has 0 bridgehead atoms. The number of halogens is 1. The molecule has 0 spiro atoms. The number of hydrogen-bond acceptors (Lipinski definition) is 23. The highest BCUT2D eigenvalue weighted by atomic mass is 79.9. The Labute approximate surface area is 815 Å². The number of allylic oxidation sites excluding steroid dienone is 2. The molecule has 15 aromatic rings. The molecule has 704 valence electrons. The molecule has 17 N–H and O–H groups in total. The lowest BCUT2D eigenvalue weighted by molar-refractivity contribution is -0.106. The number of H-pyrrole nitrogens is 2. The Morgan fingerprint density at radius 2 is 0.993 bits per heavy atom. The highest BCUT2D eigenvalue weighted by molar-refractivity contribution is 9.09. The van der Waals surface area contributed by atoms with Crippen molar-refractivity contribution in [1.29, 1.82) is 15.9 Å². The second-order valence-electron chi connectivity index (χ2n) is 30.4. The summed E-state index contributed by atoms with van der Waals surface area (Å²) in [4.78, 5) is 65.7. The molecule has 2 aliphatic rings. The topological polar surface area (TPSA) is 469 Å². The fourth-order valence-corrected chi connectivity index (χ4v) is 14.3. The summed E-state index contributed by atoms with van der Waals surface area (Å²) in [6.45, 7) is 30.7. The number of aromatic amines is 2. The molecule has 2 unspecified atom stereocenters. The van der Waals surface area contributed by atoms with Gasteiger partial charge in [-0.15, -0.1) is 0 Å². The van der Waals surface area contributed by atoms with Crippen molar-refractivity contribution >= 4 is 104 Å². The monoisotopic (exact) mass is 1930 g/mol. The molecule has 2 saturated heterocycles. The average molecular weight is 1930 g/mol. The fourth-order valence-electron chi connectivity index (χ4n) is 13.5. The Kier molecular flexibility index (Phi) is 43.7. The minimum absolute atomic E-state index is 0. The van der Waals surface area contributed by atoms with Gasteiger partial charge < -0.3 is 97.6 Å². The van der Waals surface area contributed by atoms with Crippen molar-refractivity contribution in [2.45, 2.75) is 71.1 Å². The molecule has 2 amide bonds. The Hall–Kier alpha value is -17.1. The van der Waals surface area contributed by atoms with E-state index in [9.17, 15) is 9.59 Å². The van der Waals surface area contributed by atoms with E-state index in [2.05, 4.69) is 113 Å². The van der Waals surface area contributed by atoms with E-state index >= 15 is 0 Å². The van der Waals surface area contributed by atoms with E-state index in [1.807, 2.05) is 270 Å². The van der Waals surface area contributed by atoms with Crippen molar-refractivity contribution in [1.82, 2.24) is 50.8 Å². The number of benzene rings is 10. The minimum atomic E-state index is -0.436. The number of carbonyl (C=O) groups is 3. The number of ether oxygens (including phenoxy) is 7. The molecule has 2 fully saturated rings. The fraction of sp³-hybridized carbons (Fsp3) is 0.171. The molecule has 31 nitrogen and oxygen atoms in total. The Bertz CT molecular complexity index is 6530. The first-order valence-corrected chi connectivity index (χ1v) is 44.6. The molecule has 0 saturated carbocycles. The number of para-hydroxylation sites is 5. The number of primary amides is 1. The lowest BCUT2D eigenvalue weighted by atomic mass is 10.1. The van der Waals surface area contributed by atoms with E-state index < -0.39 is 5.60 Å². The zero-order chi connectivity index (χ0) is 98.1. The van der Waals surface area contributed by atoms with Crippen LogP contribution in [0.1, 0.15) is 75.3 Å². The summed E-state index contributed by atoms with van der Waals surface area (Å²) in [7, 11) is 0. The first-order chi connectivity index (χ1) is 66.6. The van der Waals surface area contributed by atoms with Crippen LogP contribution in [-0.4, -0.2) is 120 Å². The van der Waals surface area contributed by atoms with Gasteiger partial charge in [0, 0.05) is 59.1 Å². The number of ketones is 1. The first kappa shape index (κ1) is 106. The number of nitrogen functional groups attached to an aromatic ring is 3. The second kappa shape index (κ2) is 56.7. The van der Waals surface area contributed by atoms with Gasteiger partial charge in [0.05, 0.1) is 54.9 Å². The van der Waals surface area contributed by atoms with Gasteiger partial charge in [-0.3, -0.25) is 15.0 Å². The smallest absolute Gasteiger partial charge is 0.410 e. The van der Waals surface area contributed by atoms with Crippen LogP contribution in [0, 0.1) is 47.8 Å². The molecular formula is C105H106BrN21O10S. The standard InChI is InChI=1S/C23H23N5O.C18H14N4O.C17H11BrN2O.C17H13N3O.C14H12O2.C11H21NO3S.C3H2N2.CH4N2.CH3NO.H3N/c24-22-21-20(14-28(23(21)27-15-26-22)17-5-4-12-25-13-17)16-8-10-19(11-9-16)29-18-6-2-1-3-7-18;19-17-16-15(10-20-18(16)22-11-21-17)12-6-8-14(9-7-12)23-13-4-2-1-3-5-13;1-20-17(12-19)16(11-18)13-7-9-15(10-8-13)21-14-5-3-2-4-6-14;1-19-16-15(11-20-17(16)18)12-7-9-14(10-8-12)21-13-5-3-2-4-6-13;1-11(15)12-7-9-14(10-8-12)16-13-5-3-2-4-6-13;1-11(2,3)15-10(13)12-6-4-5-9(7-12)14-8-16;1-5-3-2-4;2*2-1-3;/h1-3,6-11,14-15,17,25H,4-5,12-13H2,(H2,24,26,27);1-11H,(H3,19,20,21,22);2-10H,11H2;2-11,20H,18H2;2-10H,1H3;9,16H,4-8H2,1-3H3;3H2;1H,(H3,2,3);1H,(H2,2,3);1H3/b;;17-16-;;;;;;;. The molecule has 0 aliphatic carbocycles. The summed E-state index contributed by atoms with van der Waals surface area (Å²) in [5, 5.41) is 28.1. The zero-order valence-electron chi connectivity index (χ0n) is 76.4. The third kappa shape index (κ3) is 33.3. The predicted molar refractivity (Wildman–Crippen MR) is 549 cm³/mol. The maximum atomic E-state index is 11.8. The highest BCUT2D eigenvalue weighted by Crippen LogP contribution is 2.40. The molecule has 138 heavy (non-hydrogen) atoms. The quantitative estimate of drug-likeness (QED) is 0.00342. The van der Waals surface area contributed by atoms with E-state index in [-0.39, 0.29) is 42.8 Å². The molecular weight excluding hydrogens is 1830 g/mol. The summed E-state index contributed by atoms with van der Waals surface area (Å²) in [6.07, 6.45) is 13.9. The average Bonchev–Trinajstić information content (AvgIpc) is 1.63. The van der Waals surface area contributed by atoms with Crippen LogP contribution in [0.5, 0.6) is 57.5 Å². The van der Waals surface area contributed by atoms with E-state index in [1.165, 1.54) is 6.33 Å². The summed E-state index contributed by atoms with van der Waals surface area (Å²) in [5.41, 5.74) is 36.3. The Morgan fingerprint density at radius 1 is 0.580 bits per heavy atom. The summed E-state index contributed by atoms with van der Waals surface area (Å²) in [5.74, 6) is 9.57. The van der Waals surface area contributed by atoms with Crippen molar-refractivity contribution in [2.75, 3.05) is 61.2 Å². The van der Waals surface area contributed by atoms with Gasteiger partial charge in [0.1, 0.15) is 111 Å². The third-order valence-corrected chi connectivity index (χ3v) is 20.5. The van der Waals surface area contributed by atoms with Gasteiger partial charge in [0.2, 0.25) is 12.1 Å². The number of amides is 2. The van der Waals surface area contributed by atoms with Gasteiger partial charge in [-0.1, -0.05) is 155 Å². The number of fused-ring (bicyclic) bond motifs is 2. The number of piperidine rings is 2. The van der Waals surface area contributed by atoms with Gasteiger partial charge >= 0.3 is 6.09 Å². The van der Waals surface area contributed by atoms with Crippen LogP contribution >= 0.6 is 28.6 Å². The van der Waals surface area contributed by atoms with Crippen LogP contribution in [0.25, 0.3) is 75.6 Å². The number of rotatable bonds is 19. The molecule has 2 aliphatic heterocycles. The van der Waals surface area contributed by atoms with Gasteiger partial charge in [-0.2, -0.15) is 17.9 Å². The van der Waals surface area contributed by atoms with Gasteiger partial charge in [-0.05, 0) is 227 Å². The third-order valence-electron chi connectivity index (χ3n) is 19.8. The largest absolute Gasteiger partial charge is 0.457 e. The maximum Gasteiger partial charge on any atom is 0.410 e. The van der Waals surface area contributed by atoms with Crippen LogP contribution in [0.15, 0.2) is 310 Å².